The minimum atomic E-state index is -0.397. The van der Waals surface area contributed by atoms with E-state index in [1.54, 1.807) is 24.7 Å². The molecule has 2 fully saturated rings. The van der Waals surface area contributed by atoms with Crippen LogP contribution in [0.3, 0.4) is 0 Å². The van der Waals surface area contributed by atoms with Crippen LogP contribution in [0.4, 0.5) is 10.1 Å². The molecule has 3 heterocycles. The Hall–Kier alpha value is -2.80. The molecule has 2 aromatic heterocycles. The van der Waals surface area contributed by atoms with Crippen LogP contribution >= 0.6 is 0 Å². The van der Waals surface area contributed by atoms with Crippen LogP contribution in [-0.2, 0) is 0 Å². The Bertz CT molecular complexity index is 1040. The van der Waals surface area contributed by atoms with Gasteiger partial charge in [0.25, 0.3) is 5.91 Å². The number of imidazole rings is 1. The molecule has 0 unspecified atom stereocenters. The van der Waals surface area contributed by atoms with E-state index in [0.29, 0.717) is 17.3 Å². The molecule has 29 heavy (non-hydrogen) atoms. The number of carbonyl (C=O) groups excluding carboxylic acids is 1. The normalized spacial score (nSPS) is 18.2. The van der Waals surface area contributed by atoms with Crippen molar-refractivity contribution < 1.29 is 9.18 Å². The molecule has 1 N–H and O–H groups in total. The number of piperidine rings is 1. The Kier molecular flexibility index (Phi) is 4.75. The van der Waals surface area contributed by atoms with Gasteiger partial charge in [0.05, 0.1) is 0 Å². The van der Waals surface area contributed by atoms with E-state index in [2.05, 4.69) is 20.2 Å². The third-order valence-electron chi connectivity index (χ3n) is 5.98. The molecule has 5 rings (SSSR count). The average Bonchev–Trinajstić information content (AvgIpc) is 3.43. The number of amides is 1. The number of carbonyl (C=O) groups is 1. The zero-order valence-corrected chi connectivity index (χ0v) is 16.2. The van der Waals surface area contributed by atoms with E-state index in [1.165, 1.54) is 31.5 Å². The zero-order valence-electron chi connectivity index (χ0n) is 16.2. The van der Waals surface area contributed by atoms with E-state index < -0.39 is 5.82 Å². The van der Waals surface area contributed by atoms with Crippen molar-refractivity contribution in [1.29, 1.82) is 0 Å². The van der Waals surface area contributed by atoms with Crippen LogP contribution in [0.25, 0.3) is 5.65 Å². The fourth-order valence-corrected chi connectivity index (χ4v) is 4.25. The van der Waals surface area contributed by atoms with E-state index >= 15 is 0 Å². The molecule has 0 bridgehead atoms. The third kappa shape index (κ3) is 3.87. The molecule has 1 amide bonds. The molecule has 2 aliphatic rings. The number of halogens is 1. The van der Waals surface area contributed by atoms with Crippen LogP contribution in [0.5, 0.6) is 0 Å². The Balaban J connectivity index is 1.34. The van der Waals surface area contributed by atoms with Crippen molar-refractivity contribution in [3.63, 3.8) is 0 Å². The van der Waals surface area contributed by atoms with Gasteiger partial charge in [-0.3, -0.25) is 9.20 Å². The fraction of sp³-hybridized carbons (Fsp3) is 0.409. The number of anilines is 1. The summed E-state index contributed by atoms with van der Waals surface area (Å²) in [5.41, 5.74) is 2.34. The van der Waals surface area contributed by atoms with E-state index in [9.17, 15) is 9.18 Å². The second kappa shape index (κ2) is 7.55. The van der Waals surface area contributed by atoms with E-state index in [-0.39, 0.29) is 11.6 Å². The van der Waals surface area contributed by atoms with Crippen molar-refractivity contribution in [2.75, 3.05) is 25.0 Å². The summed E-state index contributed by atoms with van der Waals surface area (Å²) in [6, 6.07) is 7.86. The summed E-state index contributed by atoms with van der Waals surface area (Å²) in [4.78, 5) is 24.0. The molecule has 6 nitrogen and oxygen atoms in total. The molecule has 0 atom stereocenters. The molecule has 1 aliphatic carbocycles. The standard InChI is InChI=1S/C22H24FN5O/c23-17-2-1-3-18(12-17)26-22(29)20-21-24-9-6-19(28(21)14-25-20)16-7-10-27(11-8-16)13-15-4-5-15/h1-3,6,9,12,14-16H,4-5,7-8,10-11,13H2,(H,26,29). The Morgan fingerprint density at radius 3 is 2.72 bits per heavy atom. The van der Waals surface area contributed by atoms with Crippen LogP contribution < -0.4 is 5.32 Å². The molecular formula is C22H24FN5O. The predicted molar refractivity (Wildman–Crippen MR) is 108 cm³/mol. The largest absolute Gasteiger partial charge is 0.320 e. The minimum Gasteiger partial charge on any atom is -0.320 e. The summed E-state index contributed by atoms with van der Waals surface area (Å²) in [5, 5.41) is 2.70. The van der Waals surface area contributed by atoms with Crippen molar-refractivity contribution in [1.82, 2.24) is 19.3 Å². The number of likely N-dealkylation sites (tertiary alicyclic amines) is 1. The maximum absolute atomic E-state index is 13.4. The molecule has 150 valence electrons. The molecule has 1 aliphatic heterocycles. The van der Waals surface area contributed by atoms with Crippen molar-refractivity contribution in [2.24, 2.45) is 5.92 Å². The molecule has 3 aromatic rings. The van der Waals surface area contributed by atoms with Gasteiger partial charge in [-0.1, -0.05) is 6.07 Å². The van der Waals surface area contributed by atoms with Gasteiger partial charge in [-0.15, -0.1) is 0 Å². The molecule has 1 aromatic carbocycles. The number of fused-ring (bicyclic) bond motifs is 1. The second-order valence-corrected chi connectivity index (χ2v) is 8.14. The molecule has 0 radical (unpaired) electrons. The predicted octanol–water partition coefficient (Wildman–Crippen LogP) is 3.71. The summed E-state index contributed by atoms with van der Waals surface area (Å²) < 4.78 is 15.3. The smallest absolute Gasteiger partial charge is 0.278 e. The molecule has 1 saturated carbocycles. The quantitative estimate of drug-likeness (QED) is 0.718. The summed E-state index contributed by atoms with van der Waals surface area (Å²) in [6.07, 6.45) is 8.42. The monoisotopic (exact) mass is 393 g/mol. The maximum atomic E-state index is 13.4. The summed E-state index contributed by atoms with van der Waals surface area (Å²) in [6.45, 7) is 3.48. The number of hydrogen-bond donors (Lipinski definition) is 1. The van der Waals surface area contributed by atoms with Crippen LogP contribution in [-0.4, -0.2) is 44.8 Å². The van der Waals surface area contributed by atoms with Crippen LogP contribution in [0.15, 0.2) is 42.9 Å². The minimum absolute atomic E-state index is 0.252. The lowest BCUT2D eigenvalue weighted by Crippen LogP contribution is -2.34. The third-order valence-corrected chi connectivity index (χ3v) is 5.98. The summed E-state index contributed by atoms with van der Waals surface area (Å²) in [5.74, 6) is 0.573. The van der Waals surface area contributed by atoms with Crippen molar-refractivity contribution in [2.45, 2.75) is 31.6 Å². The first-order valence-corrected chi connectivity index (χ1v) is 10.3. The summed E-state index contributed by atoms with van der Waals surface area (Å²) in [7, 11) is 0. The average molecular weight is 393 g/mol. The van der Waals surface area contributed by atoms with Gasteiger partial charge >= 0.3 is 0 Å². The number of nitrogens with zero attached hydrogens (tertiary/aromatic N) is 4. The lowest BCUT2D eigenvalue weighted by Gasteiger charge is -2.32. The Morgan fingerprint density at radius 1 is 1.14 bits per heavy atom. The first-order valence-electron chi connectivity index (χ1n) is 10.3. The fourth-order valence-electron chi connectivity index (χ4n) is 4.25. The summed E-state index contributed by atoms with van der Waals surface area (Å²) >= 11 is 0. The Morgan fingerprint density at radius 2 is 1.97 bits per heavy atom. The van der Waals surface area contributed by atoms with Gasteiger partial charge in [0, 0.05) is 30.0 Å². The lowest BCUT2D eigenvalue weighted by molar-refractivity contribution is 0.102. The highest BCUT2D eigenvalue weighted by Crippen LogP contribution is 2.33. The second-order valence-electron chi connectivity index (χ2n) is 8.14. The highest BCUT2D eigenvalue weighted by Gasteiger charge is 2.28. The van der Waals surface area contributed by atoms with Gasteiger partial charge in [-0.05, 0) is 69.0 Å². The van der Waals surface area contributed by atoms with Gasteiger partial charge in [0.1, 0.15) is 12.1 Å². The first-order chi connectivity index (χ1) is 14.2. The lowest BCUT2D eigenvalue weighted by atomic mass is 9.93. The van der Waals surface area contributed by atoms with Crippen LogP contribution in [0.1, 0.15) is 47.8 Å². The molecule has 0 spiro atoms. The van der Waals surface area contributed by atoms with Crippen LogP contribution in [0, 0.1) is 11.7 Å². The maximum Gasteiger partial charge on any atom is 0.278 e. The van der Waals surface area contributed by atoms with E-state index in [1.807, 2.05) is 10.5 Å². The van der Waals surface area contributed by atoms with E-state index in [0.717, 1.165) is 37.5 Å². The molecule has 1 saturated heterocycles. The SMILES string of the molecule is O=C(Nc1cccc(F)c1)c1ncn2c(C3CCN(CC4CC4)CC3)ccnc12. The van der Waals surface area contributed by atoms with Gasteiger partial charge < -0.3 is 10.2 Å². The van der Waals surface area contributed by atoms with Gasteiger partial charge in [0.2, 0.25) is 0 Å². The van der Waals surface area contributed by atoms with E-state index in [4.69, 9.17) is 0 Å². The van der Waals surface area contributed by atoms with Crippen molar-refractivity contribution in [3.05, 3.63) is 60.1 Å². The van der Waals surface area contributed by atoms with Gasteiger partial charge in [-0.25, -0.2) is 14.4 Å². The zero-order chi connectivity index (χ0) is 19.8. The number of benzene rings is 1. The highest BCUT2D eigenvalue weighted by molar-refractivity contribution is 6.06. The van der Waals surface area contributed by atoms with Crippen molar-refractivity contribution in [3.8, 4) is 0 Å². The Labute approximate surface area is 168 Å². The first kappa shape index (κ1) is 18.2. The topological polar surface area (TPSA) is 62.5 Å². The molecular weight excluding hydrogens is 369 g/mol. The number of nitrogens with one attached hydrogen (secondary N) is 1. The van der Waals surface area contributed by atoms with Gasteiger partial charge in [-0.2, -0.15) is 0 Å². The van der Waals surface area contributed by atoms with Gasteiger partial charge in [0.15, 0.2) is 11.3 Å². The highest BCUT2D eigenvalue weighted by atomic mass is 19.1. The van der Waals surface area contributed by atoms with Crippen molar-refractivity contribution >= 4 is 17.2 Å². The number of hydrogen-bond acceptors (Lipinski definition) is 4. The number of rotatable bonds is 5. The van der Waals surface area contributed by atoms with Crippen LogP contribution in [0.2, 0.25) is 0 Å². The number of aromatic nitrogens is 3. The molecule has 7 heteroatoms.